The van der Waals surface area contributed by atoms with Crippen LogP contribution in [-0.2, 0) is 4.12 Å². The summed E-state index contributed by atoms with van der Waals surface area (Å²) in [6.45, 7) is 11.6. The molecule has 0 N–H and O–H groups in total. The summed E-state index contributed by atoms with van der Waals surface area (Å²) in [5, 5.41) is 0. The van der Waals surface area contributed by atoms with E-state index in [9.17, 15) is 0 Å². The molecule has 0 spiro atoms. The fourth-order valence-electron chi connectivity index (χ4n) is 1.85. The molecule has 0 heterocycles. The Morgan fingerprint density at radius 2 is 1.57 bits per heavy atom. The van der Waals surface area contributed by atoms with Gasteiger partial charge in [-0.25, -0.2) is 0 Å². The summed E-state index contributed by atoms with van der Waals surface area (Å²) in [6.07, 6.45) is 6.96. The molecule has 0 aromatic heterocycles. The zero-order chi connectivity index (χ0) is 11.0. The van der Waals surface area contributed by atoms with Crippen molar-refractivity contribution in [3.63, 3.8) is 0 Å². The maximum absolute atomic E-state index is 6.12. The minimum absolute atomic E-state index is 0.799. The van der Waals surface area contributed by atoms with E-state index in [-0.39, 0.29) is 0 Å². The zero-order valence-electron chi connectivity index (χ0n) is 10.7. The molecule has 0 unspecified atom stereocenters. The van der Waals surface area contributed by atoms with Crippen LogP contribution in [0.1, 0.15) is 39.0 Å². The highest BCUT2D eigenvalue weighted by Gasteiger charge is 2.22. The molecule has 86 valence electrons. The molecule has 0 bridgehead atoms. The summed E-state index contributed by atoms with van der Waals surface area (Å²) < 4.78 is 6.12. The van der Waals surface area contributed by atoms with Gasteiger partial charge in [-0.3, -0.25) is 0 Å². The molecule has 0 saturated heterocycles. The first-order chi connectivity index (χ1) is 6.48. The van der Waals surface area contributed by atoms with Gasteiger partial charge in [0.1, 0.15) is 0 Å². The van der Waals surface area contributed by atoms with E-state index in [1.807, 2.05) is 0 Å². The summed E-state index contributed by atoms with van der Waals surface area (Å²) in [5.41, 5.74) is 0. The van der Waals surface area contributed by atoms with Gasteiger partial charge in [0, 0.05) is 0 Å². The van der Waals surface area contributed by atoms with E-state index in [1.165, 1.54) is 38.1 Å². The molecular weight excluding hydrogens is 204 g/mol. The molecule has 0 aromatic carbocycles. The molecule has 0 rings (SSSR count). The summed E-state index contributed by atoms with van der Waals surface area (Å²) >= 11 is 0. The topological polar surface area (TPSA) is 9.23 Å². The van der Waals surface area contributed by atoms with Crippen LogP contribution >= 0.6 is 0 Å². The van der Waals surface area contributed by atoms with Crippen molar-refractivity contribution in [3.8, 4) is 0 Å². The summed E-state index contributed by atoms with van der Waals surface area (Å²) in [5.74, 6) is 0. The maximum atomic E-state index is 6.12. The smallest absolute Gasteiger partial charge is 0.173 e. The number of unbranched alkanes of at least 4 members (excludes halogenated alkanes) is 4. The van der Waals surface area contributed by atoms with Gasteiger partial charge in [0.2, 0.25) is 0 Å². The molecule has 0 aliphatic heterocycles. The Bertz CT molecular complexity index is 135. The van der Waals surface area contributed by atoms with Crippen molar-refractivity contribution in [2.75, 3.05) is 0 Å². The second-order valence-electron chi connectivity index (χ2n) is 5.09. The predicted molar refractivity (Wildman–Crippen MR) is 71.0 cm³/mol. The molecular formula is C11H28OSi2. The lowest BCUT2D eigenvalue weighted by Gasteiger charge is -2.25. The Hall–Kier alpha value is 0.394. The average Bonchev–Trinajstić information content (AvgIpc) is 2.01. The van der Waals surface area contributed by atoms with E-state index in [2.05, 4.69) is 33.1 Å². The van der Waals surface area contributed by atoms with Gasteiger partial charge in [-0.15, -0.1) is 0 Å². The maximum Gasteiger partial charge on any atom is 0.173 e. The first-order valence-corrected chi connectivity index (χ1v) is 12.1. The second kappa shape index (κ2) is 7.66. The van der Waals surface area contributed by atoms with E-state index >= 15 is 0 Å². The average molecular weight is 233 g/mol. The van der Waals surface area contributed by atoms with E-state index in [0.717, 1.165) is 0 Å². The molecule has 0 amide bonds. The monoisotopic (exact) mass is 232 g/mol. The van der Waals surface area contributed by atoms with E-state index in [4.69, 9.17) is 4.12 Å². The molecule has 0 saturated carbocycles. The van der Waals surface area contributed by atoms with Gasteiger partial charge in [0.05, 0.1) is 0 Å². The van der Waals surface area contributed by atoms with Crippen LogP contribution in [0.3, 0.4) is 0 Å². The summed E-state index contributed by atoms with van der Waals surface area (Å²) in [6, 6.07) is 1.36. The molecule has 0 fully saturated rings. The predicted octanol–water partition coefficient (Wildman–Crippen LogP) is 4.16. The van der Waals surface area contributed by atoms with Gasteiger partial charge < -0.3 is 4.12 Å². The van der Waals surface area contributed by atoms with Gasteiger partial charge in [0.15, 0.2) is 17.4 Å². The number of rotatable bonds is 8. The normalized spacial score (nSPS) is 12.4. The fourth-order valence-corrected chi connectivity index (χ4v) is 8.53. The molecule has 0 aromatic rings. The first-order valence-electron chi connectivity index (χ1n) is 6.16. The van der Waals surface area contributed by atoms with Gasteiger partial charge in [-0.1, -0.05) is 39.0 Å². The fraction of sp³-hybridized carbons (Fsp3) is 1.00. The highest BCUT2D eigenvalue weighted by Crippen LogP contribution is 2.17. The first kappa shape index (κ1) is 14.4. The molecule has 0 atom stereocenters. The second-order valence-corrected chi connectivity index (χ2v) is 12.2. The minimum Gasteiger partial charge on any atom is -0.458 e. The largest absolute Gasteiger partial charge is 0.458 e. The Balaban J connectivity index is 3.45. The summed E-state index contributed by atoms with van der Waals surface area (Å²) in [7, 11) is -2.06. The van der Waals surface area contributed by atoms with Crippen molar-refractivity contribution < 1.29 is 4.12 Å². The highest BCUT2D eigenvalue weighted by molar-refractivity contribution is 6.77. The molecule has 14 heavy (non-hydrogen) atoms. The van der Waals surface area contributed by atoms with Gasteiger partial charge >= 0.3 is 0 Å². The minimum atomic E-state index is -1.26. The molecule has 3 heteroatoms. The van der Waals surface area contributed by atoms with E-state index < -0.39 is 17.4 Å². The Morgan fingerprint density at radius 3 is 2.07 bits per heavy atom. The van der Waals surface area contributed by atoms with Crippen molar-refractivity contribution in [2.24, 2.45) is 0 Å². The van der Waals surface area contributed by atoms with Crippen molar-refractivity contribution in [2.45, 2.75) is 71.3 Å². The van der Waals surface area contributed by atoms with Crippen LogP contribution in [0.5, 0.6) is 0 Å². The van der Waals surface area contributed by atoms with Crippen LogP contribution in [0.15, 0.2) is 0 Å². The molecule has 1 nitrogen and oxygen atoms in total. The number of hydrogen-bond donors (Lipinski definition) is 0. The van der Waals surface area contributed by atoms with E-state index in [0.29, 0.717) is 0 Å². The zero-order valence-corrected chi connectivity index (χ0v) is 12.9. The quantitative estimate of drug-likeness (QED) is 0.451. The van der Waals surface area contributed by atoms with Gasteiger partial charge in [0.25, 0.3) is 0 Å². The molecule has 0 radical (unpaired) electrons. The standard InChI is InChI=1S/C11H28OSi2/c1-6-7-8-9-10-11-14(4,5)12-13(2)3/h13H,6-11H2,1-5H3. The van der Waals surface area contributed by atoms with Crippen LogP contribution in [0.25, 0.3) is 0 Å². The highest BCUT2D eigenvalue weighted by atomic mass is 28.4. The van der Waals surface area contributed by atoms with E-state index in [1.54, 1.807) is 0 Å². The Kier molecular flexibility index (Phi) is 7.87. The third-order valence-corrected chi connectivity index (χ3v) is 8.43. The lowest BCUT2D eigenvalue weighted by Crippen LogP contribution is -2.34. The summed E-state index contributed by atoms with van der Waals surface area (Å²) in [4.78, 5) is 0. The van der Waals surface area contributed by atoms with Crippen LogP contribution < -0.4 is 0 Å². The third-order valence-electron chi connectivity index (χ3n) is 2.44. The van der Waals surface area contributed by atoms with Crippen LogP contribution in [0.2, 0.25) is 32.2 Å². The SMILES string of the molecule is CCCCCCC[Si](C)(C)O[SiH](C)C. The molecule has 0 aliphatic rings. The van der Waals surface area contributed by atoms with Gasteiger partial charge in [-0.2, -0.15) is 0 Å². The Morgan fingerprint density at radius 1 is 1.00 bits per heavy atom. The third kappa shape index (κ3) is 8.97. The van der Waals surface area contributed by atoms with Crippen LogP contribution in [0.4, 0.5) is 0 Å². The molecule has 0 aliphatic carbocycles. The lowest BCUT2D eigenvalue weighted by atomic mass is 10.2. The van der Waals surface area contributed by atoms with Crippen molar-refractivity contribution in [1.82, 2.24) is 0 Å². The van der Waals surface area contributed by atoms with Crippen molar-refractivity contribution in [1.29, 1.82) is 0 Å². The van der Waals surface area contributed by atoms with Gasteiger partial charge in [-0.05, 0) is 32.2 Å². The van der Waals surface area contributed by atoms with Crippen molar-refractivity contribution in [3.05, 3.63) is 0 Å². The van der Waals surface area contributed by atoms with Crippen LogP contribution in [0, 0.1) is 0 Å². The Labute approximate surface area is 93.1 Å². The van der Waals surface area contributed by atoms with Crippen molar-refractivity contribution >= 4 is 17.4 Å². The lowest BCUT2D eigenvalue weighted by molar-refractivity contribution is 0.557. The van der Waals surface area contributed by atoms with Crippen LogP contribution in [-0.4, -0.2) is 17.4 Å². The number of hydrogen-bond acceptors (Lipinski definition) is 1.